The standard InChI is InChI=1S/C20H24N2O3/c1-2-16-4-3-5-19(22-16)21-10-11-25-17-8-6-14(7-9-17)18-12-15(18)13-20(23)24/h3-9,15,18H,2,10-13H2,1H3,(H,21,22)(H,23,24). The van der Waals surface area contributed by atoms with E-state index in [9.17, 15) is 4.79 Å². The van der Waals surface area contributed by atoms with E-state index in [1.54, 1.807) is 0 Å². The predicted octanol–water partition coefficient (Wildman–Crippen LogP) is 3.71. The molecule has 132 valence electrons. The van der Waals surface area contributed by atoms with E-state index in [2.05, 4.69) is 17.2 Å². The first-order valence-electron chi connectivity index (χ1n) is 8.80. The minimum atomic E-state index is -0.709. The number of carboxylic acid groups (broad SMARTS) is 1. The van der Waals surface area contributed by atoms with Gasteiger partial charge < -0.3 is 15.2 Å². The number of nitrogens with one attached hydrogen (secondary N) is 1. The average Bonchev–Trinajstić information content (AvgIpc) is 3.38. The summed E-state index contributed by atoms with van der Waals surface area (Å²) in [5.74, 6) is 1.68. The summed E-state index contributed by atoms with van der Waals surface area (Å²) >= 11 is 0. The molecule has 0 spiro atoms. The van der Waals surface area contributed by atoms with Gasteiger partial charge in [-0.2, -0.15) is 0 Å². The van der Waals surface area contributed by atoms with Gasteiger partial charge in [0, 0.05) is 12.1 Å². The van der Waals surface area contributed by atoms with Gasteiger partial charge in [-0.15, -0.1) is 0 Å². The lowest BCUT2D eigenvalue weighted by Crippen LogP contribution is -2.12. The second-order valence-electron chi connectivity index (χ2n) is 6.41. The van der Waals surface area contributed by atoms with Gasteiger partial charge in [0.1, 0.15) is 18.2 Å². The summed E-state index contributed by atoms with van der Waals surface area (Å²) < 4.78 is 5.75. The smallest absolute Gasteiger partial charge is 0.303 e. The third kappa shape index (κ3) is 4.95. The van der Waals surface area contributed by atoms with Crippen LogP contribution in [0.2, 0.25) is 0 Å². The molecule has 1 aliphatic carbocycles. The Hall–Kier alpha value is -2.56. The third-order valence-corrected chi connectivity index (χ3v) is 4.51. The molecule has 1 heterocycles. The van der Waals surface area contributed by atoms with Crippen LogP contribution in [-0.2, 0) is 11.2 Å². The maximum absolute atomic E-state index is 10.7. The Morgan fingerprint density at radius 1 is 1.28 bits per heavy atom. The van der Waals surface area contributed by atoms with Crippen molar-refractivity contribution in [1.82, 2.24) is 4.98 Å². The molecule has 5 nitrogen and oxygen atoms in total. The SMILES string of the molecule is CCc1cccc(NCCOc2ccc(C3CC3CC(=O)O)cc2)n1. The lowest BCUT2D eigenvalue weighted by molar-refractivity contribution is -0.137. The van der Waals surface area contributed by atoms with Crippen molar-refractivity contribution in [2.45, 2.75) is 32.1 Å². The number of anilines is 1. The van der Waals surface area contributed by atoms with Gasteiger partial charge in [-0.05, 0) is 54.5 Å². The predicted molar refractivity (Wildman–Crippen MR) is 97.1 cm³/mol. The highest BCUT2D eigenvalue weighted by molar-refractivity contribution is 5.67. The van der Waals surface area contributed by atoms with E-state index in [0.717, 1.165) is 30.1 Å². The Morgan fingerprint density at radius 2 is 2.08 bits per heavy atom. The fraction of sp³-hybridized carbons (Fsp3) is 0.400. The van der Waals surface area contributed by atoms with Crippen LogP contribution in [0, 0.1) is 5.92 Å². The van der Waals surface area contributed by atoms with Crippen molar-refractivity contribution in [2.24, 2.45) is 5.92 Å². The zero-order valence-corrected chi connectivity index (χ0v) is 14.4. The molecule has 0 amide bonds. The highest BCUT2D eigenvalue weighted by Crippen LogP contribution is 2.49. The summed E-state index contributed by atoms with van der Waals surface area (Å²) in [6.07, 6.45) is 2.16. The molecule has 5 heteroatoms. The lowest BCUT2D eigenvalue weighted by Gasteiger charge is -2.09. The van der Waals surface area contributed by atoms with E-state index in [0.29, 0.717) is 25.0 Å². The van der Waals surface area contributed by atoms with Gasteiger partial charge in [-0.1, -0.05) is 25.1 Å². The number of ether oxygens (including phenoxy) is 1. The number of benzene rings is 1. The topological polar surface area (TPSA) is 71.5 Å². The monoisotopic (exact) mass is 340 g/mol. The summed E-state index contributed by atoms with van der Waals surface area (Å²) in [6, 6.07) is 14.0. The Balaban J connectivity index is 1.41. The number of nitrogens with zero attached hydrogens (tertiary/aromatic N) is 1. The van der Waals surface area contributed by atoms with Crippen molar-refractivity contribution in [3.8, 4) is 5.75 Å². The molecule has 2 N–H and O–H groups in total. The van der Waals surface area contributed by atoms with Crippen molar-refractivity contribution in [3.63, 3.8) is 0 Å². The number of rotatable bonds is 9. The quantitative estimate of drug-likeness (QED) is 0.681. The molecule has 0 radical (unpaired) electrons. The summed E-state index contributed by atoms with van der Waals surface area (Å²) in [7, 11) is 0. The molecule has 0 saturated heterocycles. The van der Waals surface area contributed by atoms with Crippen molar-refractivity contribution >= 4 is 11.8 Å². The van der Waals surface area contributed by atoms with Crippen LogP contribution in [0.5, 0.6) is 5.75 Å². The zero-order chi connectivity index (χ0) is 17.6. The molecule has 25 heavy (non-hydrogen) atoms. The highest BCUT2D eigenvalue weighted by Gasteiger charge is 2.39. The number of aromatic nitrogens is 1. The van der Waals surface area contributed by atoms with Crippen molar-refractivity contribution in [2.75, 3.05) is 18.5 Å². The molecule has 1 saturated carbocycles. The Bertz CT molecular complexity index is 715. The van der Waals surface area contributed by atoms with Gasteiger partial charge in [0.15, 0.2) is 0 Å². The number of pyridine rings is 1. The summed E-state index contributed by atoms with van der Waals surface area (Å²) in [5.41, 5.74) is 2.28. The van der Waals surface area contributed by atoms with Crippen molar-refractivity contribution < 1.29 is 14.6 Å². The fourth-order valence-corrected chi connectivity index (χ4v) is 3.04. The molecule has 2 aromatic rings. The van der Waals surface area contributed by atoms with Gasteiger partial charge in [0.2, 0.25) is 0 Å². The van der Waals surface area contributed by atoms with Crippen molar-refractivity contribution in [3.05, 3.63) is 53.7 Å². The Labute approximate surface area is 148 Å². The van der Waals surface area contributed by atoms with E-state index in [1.807, 2.05) is 42.5 Å². The van der Waals surface area contributed by atoms with Crippen LogP contribution < -0.4 is 10.1 Å². The van der Waals surface area contributed by atoms with E-state index < -0.39 is 5.97 Å². The van der Waals surface area contributed by atoms with Gasteiger partial charge >= 0.3 is 5.97 Å². The first kappa shape index (κ1) is 17.3. The van der Waals surface area contributed by atoms with Crippen LogP contribution in [-0.4, -0.2) is 29.2 Å². The number of carboxylic acids is 1. The van der Waals surface area contributed by atoms with Crippen LogP contribution in [0.25, 0.3) is 0 Å². The fourth-order valence-electron chi connectivity index (χ4n) is 3.04. The summed E-state index contributed by atoms with van der Waals surface area (Å²) in [5, 5.41) is 12.1. The van der Waals surface area contributed by atoms with E-state index in [1.165, 1.54) is 5.56 Å². The Morgan fingerprint density at radius 3 is 2.80 bits per heavy atom. The maximum atomic E-state index is 10.7. The summed E-state index contributed by atoms with van der Waals surface area (Å²) in [6.45, 7) is 3.33. The second-order valence-corrected chi connectivity index (χ2v) is 6.41. The summed E-state index contributed by atoms with van der Waals surface area (Å²) in [4.78, 5) is 15.2. The second kappa shape index (κ2) is 8.01. The van der Waals surface area contributed by atoms with Gasteiger partial charge in [0.25, 0.3) is 0 Å². The molecular formula is C20H24N2O3. The van der Waals surface area contributed by atoms with Crippen LogP contribution in [0.1, 0.15) is 36.9 Å². The minimum absolute atomic E-state index is 0.266. The van der Waals surface area contributed by atoms with E-state index in [4.69, 9.17) is 9.84 Å². The van der Waals surface area contributed by atoms with Gasteiger partial charge in [-0.3, -0.25) is 4.79 Å². The number of hydrogen-bond acceptors (Lipinski definition) is 4. The molecule has 1 aliphatic rings. The average molecular weight is 340 g/mol. The van der Waals surface area contributed by atoms with Crippen LogP contribution >= 0.6 is 0 Å². The molecule has 1 aromatic carbocycles. The van der Waals surface area contributed by atoms with Gasteiger partial charge in [0.05, 0.1) is 6.54 Å². The molecule has 0 bridgehead atoms. The number of carbonyl (C=O) groups is 1. The number of hydrogen-bond donors (Lipinski definition) is 2. The molecule has 2 unspecified atom stereocenters. The maximum Gasteiger partial charge on any atom is 0.303 e. The number of aliphatic carboxylic acids is 1. The normalized spacial score (nSPS) is 18.6. The molecule has 1 aromatic heterocycles. The van der Waals surface area contributed by atoms with Crippen LogP contribution in [0.3, 0.4) is 0 Å². The zero-order valence-electron chi connectivity index (χ0n) is 14.4. The van der Waals surface area contributed by atoms with Crippen molar-refractivity contribution in [1.29, 1.82) is 0 Å². The largest absolute Gasteiger partial charge is 0.492 e. The Kier molecular flexibility index (Phi) is 5.53. The van der Waals surface area contributed by atoms with Crippen LogP contribution in [0.4, 0.5) is 5.82 Å². The first-order chi connectivity index (χ1) is 12.2. The highest BCUT2D eigenvalue weighted by atomic mass is 16.5. The third-order valence-electron chi connectivity index (χ3n) is 4.51. The molecule has 3 rings (SSSR count). The first-order valence-corrected chi connectivity index (χ1v) is 8.80. The van der Waals surface area contributed by atoms with E-state index >= 15 is 0 Å². The molecular weight excluding hydrogens is 316 g/mol. The molecule has 0 aliphatic heterocycles. The molecule has 2 atom stereocenters. The van der Waals surface area contributed by atoms with E-state index in [-0.39, 0.29) is 6.42 Å². The lowest BCUT2D eigenvalue weighted by atomic mass is 10.1. The minimum Gasteiger partial charge on any atom is -0.492 e. The van der Waals surface area contributed by atoms with Crippen LogP contribution in [0.15, 0.2) is 42.5 Å². The number of aryl methyl sites for hydroxylation is 1. The van der Waals surface area contributed by atoms with Gasteiger partial charge in [-0.25, -0.2) is 4.98 Å². The molecule has 1 fully saturated rings.